The predicted octanol–water partition coefficient (Wildman–Crippen LogP) is 4.69. The molecule has 4 aromatic rings. The number of hydrogen-bond donors (Lipinski definition) is 1. The third kappa shape index (κ3) is 6.15. The van der Waals surface area contributed by atoms with E-state index in [1.54, 1.807) is 30.5 Å². The van der Waals surface area contributed by atoms with Crippen molar-refractivity contribution in [2.75, 3.05) is 6.61 Å². The molecule has 3 heterocycles. The van der Waals surface area contributed by atoms with Crippen molar-refractivity contribution in [3.05, 3.63) is 95.2 Å². The smallest absolute Gasteiger partial charge is 0.248 e. The highest BCUT2D eigenvalue weighted by molar-refractivity contribution is 5.92. The maximum absolute atomic E-state index is 11.2. The van der Waals surface area contributed by atoms with Crippen LogP contribution in [0.1, 0.15) is 65.3 Å². The van der Waals surface area contributed by atoms with E-state index in [1.807, 2.05) is 48.0 Å². The Morgan fingerprint density at radius 1 is 1.14 bits per heavy atom. The number of imidazole rings is 1. The minimum Gasteiger partial charge on any atom is -0.366 e. The lowest BCUT2D eigenvalue weighted by Gasteiger charge is -2.26. The van der Waals surface area contributed by atoms with Crippen LogP contribution in [0, 0.1) is 11.8 Å². The van der Waals surface area contributed by atoms with Crippen LogP contribution in [-0.4, -0.2) is 33.5 Å². The van der Waals surface area contributed by atoms with Gasteiger partial charge in [0.2, 0.25) is 5.91 Å². The molecule has 0 spiro atoms. The molecule has 2 aromatic carbocycles. The molecule has 37 heavy (non-hydrogen) atoms. The third-order valence-electron chi connectivity index (χ3n) is 6.19. The molecule has 1 aliphatic rings. The first-order valence-corrected chi connectivity index (χ1v) is 12.3. The van der Waals surface area contributed by atoms with Crippen molar-refractivity contribution in [3.63, 3.8) is 0 Å². The lowest BCUT2D eigenvalue weighted by molar-refractivity contribution is -0.188. The molecular weight excluding hydrogens is 468 g/mol. The monoisotopic (exact) mass is 496 g/mol. The Morgan fingerprint density at radius 3 is 2.54 bits per heavy atom. The Bertz CT molecular complexity index is 1400. The fourth-order valence-corrected chi connectivity index (χ4v) is 4.20. The Labute approximate surface area is 215 Å². The van der Waals surface area contributed by atoms with E-state index >= 15 is 0 Å². The third-order valence-corrected chi connectivity index (χ3v) is 6.19. The second-order valence-electron chi connectivity index (χ2n) is 8.94. The second kappa shape index (κ2) is 11.2. The van der Waals surface area contributed by atoms with Gasteiger partial charge in [0.25, 0.3) is 0 Å². The van der Waals surface area contributed by atoms with Crippen LogP contribution >= 0.6 is 0 Å². The van der Waals surface area contributed by atoms with Gasteiger partial charge in [-0.3, -0.25) is 4.79 Å². The van der Waals surface area contributed by atoms with Crippen LogP contribution in [0.3, 0.4) is 0 Å². The van der Waals surface area contributed by atoms with Gasteiger partial charge in [0, 0.05) is 47.3 Å². The number of benzene rings is 2. The van der Waals surface area contributed by atoms with Crippen LogP contribution in [0.25, 0.3) is 11.3 Å². The predicted molar refractivity (Wildman–Crippen MR) is 137 cm³/mol. The first-order valence-electron chi connectivity index (χ1n) is 12.3. The summed E-state index contributed by atoms with van der Waals surface area (Å²) in [4.78, 5) is 15.7. The fraction of sp³-hybridized carbons (Fsp3) is 0.276. The Balaban J connectivity index is 1.22. The van der Waals surface area contributed by atoms with E-state index in [2.05, 4.69) is 22.0 Å². The molecule has 1 saturated heterocycles. The molecule has 2 atom stereocenters. The number of amides is 1. The Kier molecular flexibility index (Phi) is 7.45. The van der Waals surface area contributed by atoms with Gasteiger partial charge in [-0.25, -0.2) is 4.98 Å². The maximum Gasteiger partial charge on any atom is 0.248 e. The van der Waals surface area contributed by atoms with Crippen LogP contribution < -0.4 is 5.73 Å². The fourth-order valence-electron chi connectivity index (χ4n) is 4.20. The highest BCUT2D eigenvalue weighted by Gasteiger charge is 2.21. The van der Waals surface area contributed by atoms with Crippen LogP contribution in [0.15, 0.2) is 71.5 Å². The number of carbonyl (C=O) groups is 1. The average Bonchev–Trinajstić information content (AvgIpc) is 3.59. The maximum atomic E-state index is 11.2. The number of primary amides is 1. The standard InChI is InChI=1S/C29H28N4O4/c1-20(36-27-4-2-3-17-35-27)29-31-15-16-33(29)19-25-18-26(37-32-25)23-11-7-21(8-12-23)5-6-22-9-13-24(14-10-22)28(30)34/h7-16,18,20,27H,2-4,17,19H2,1H3,(H2,30,34)/t20-,27?/m0/s1. The van der Waals surface area contributed by atoms with Crippen LogP contribution in [0.4, 0.5) is 0 Å². The first-order chi connectivity index (χ1) is 18.0. The van der Waals surface area contributed by atoms with E-state index in [9.17, 15) is 4.79 Å². The van der Waals surface area contributed by atoms with Crippen LogP contribution in [-0.2, 0) is 16.0 Å². The molecule has 0 saturated carbocycles. The quantitative estimate of drug-likeness (QED) is 0.372. The van der Waals surface area contributed by atoms with Gasteiger partial charge < -0.3 is 24.3 Å². The van der Waals surface area contributed by atoms with Crippen molar-refractivity contribution in [2.45, 2.75) is 45.1 Å². The van der Waals surface area contributed by atoms with Gasteiger partial charge >= 0.3 is 0 Å². The largest absolute Gasteiger partial charge is 0.366 e. The van der Waals surface area contributed by atoms with E-state index in [1.165, 1.54) is 0 Å². The number of rotatable bonds is 7. The summed E-state index contributed by atoms with van der Waals surface area (Å²) in [6.07, 6.45) is 6.42. The normalized spacial score (nSPS) is 16.1. The molecule has 5 rings (SSSR count). The van der Waals surface area contributed by atoms with Gasteiger partial charge in [0.15, 0.2) is 12.1 Å². The molecule has 8 heteroatoms. The summed E-state index contributed by atoms with van der Waals surface area (Å²) in [5.41, 5.74) is 9.10. The van der Waals surface area contributed by atoms with Crippen molar-refractivity contribution >= 4 is 5.91 Å². The topological polar surface area (TPSA) is 105 Å². The van der Waals surface area contributed by atoms with Gasteiger partial charge in [-0.05, 0) is 74.7 Å². The molecule has 188 valence electrons. The van der Waals surface area contributed by atoms with E-state index in [4.69, 9.17) is 19.7 Å². The van der Waals surface area contributed by atoms with Crippen molar-refractivity contribution in [3.8, 4) is 23.2 Å². The molecule has 2 aromatic heterocycles. The number of aromatic nitrogens is 3. The van der Waals surface area contributed by atoms with Crippen molar-refractivity contribution in [1.82, 2.24) is 14.7 Å². The molecule has 1 aliphatic heterocycles. The first kappa shape index (κ1) is 24.5. The number of hydrogen-bond acceptors (Lipinski definition) is 6. The molecule has 0 aliphatic carbocycles. The zero-order valence-corrected chi connectivity index (χ0v) is 20.6. The zero-order valence-electron chi connectivity index (χ0n) is 20.6. The van der Waals surface area contributed by atoms with Crippen molar-refractivity contribution < 1.29 is 18.8 Å². The summed E-state index contributed by atoms with van der Waals surface area (Å²) in [5, 5.41) is 4.25. The van der Waals surface area contributed by atoms with Gasteiger partial charge in [-0.1, -0.05) is 17.0 Å². The molecule has 1 fully saturated rings. The molecule has 1 amide bonds. The zero-order chi connectivity index (χ0) is 25.6. The number of nitrogens with two attached hydrogens (primary N) is 1. The molecule has 2 N–H and O–H groups in total. The lowest BCUT2D eigenvalue weighted by atomic mass is 10.1. The molecule has 1 unspecified atom stereocenters. The Hall–Kier alpha value is -4.19. The average molecular weight is 497 g/mol. The summed E-state index contributed by atoms with van der Waals surface area (Å²) in [6.45, 7) is 3.26. The van der Waals surface area contributed by atoms with Gasteiger partial charge in [0.1, 0.15) is 17.6 Å². The van der Waals surface area contributed by atoms with E-state index in [0.717, 1.165) is 54.1 Å². The second-order valence-corrected chi connectivity index (χ2v) is 8.94. The summed E-state index contributed by atoms with van der Waals surface area (Å²) in [7, 11) is 0. The molecular formula is C29H28N4O4. The van der Waals surface area contributed by atoms with Crippen LogP contribution in [0.5, 0.6) is 0 Å². The minimum atomic E-state index is -0.454. The number of carbonyl (C=O) groups excluding carboxylic acids is 1. The minimum absolute atomic E-state index is 0.178. The summed E-state index contributed by atoms with van der Waals surface area (Å²) >= 11 is 0. The Morgan fingerprint density at radius 2 is 1.86 bits per heavy atom. The van der Waals surface area contributed by atoms with Gasteiger partial charge in [0.05, 0.1) is 6.54 Å². The molecule has 0 bridgehead atoms. The summed E-state index contributed by atoms with van der Waals surface area (Å²) in [5.74, 6) is 7.27. The van der Waals surface area contributed by atoms with Gasteiger partial charge in [-0.15, -0.1) is 0 Å². The van der Waals surface area contributed by atoms with Gasteiger partial charge in [-0.2, -0.15) is 0 Å². The van der Waals surface area contributed by atoms with E-state index < -0.39 is 5.91 Å². The SMILES string of the molecule is C[C@H](OC1CCCCO1)c1nccn1Cc1cc(-c2ccc(C#Cc3ccc(C(N)=O)cc3)cc2)on1. The van der Waals surface area contributed by atoms with Crippen molar-refractivity contribution in [2.24, 2.45) is 5.73 Å². The highest BCUT2D eigenvalue weighted by Crippen LogP contribution is 2.25. The summed E-state index contributed by atoms with van der Waals surface area (Å²) < 4.78 is 19.4. The molecule has 0 radical (unpaired) electrons. The highest BCUT2D eigenvalue weighted by atomic mass is 16.7. The van der Waals surface area contributed by atoms with E-state index in [-0.39, 0.29) is 12.4 Å². The number of nitrogens with zero attached hydrogens (tertiary/aromatic N) is 3. The lowest BCUT2D eigenvalue weighted by Crippen LogP contribution is -2.24. The summed E-state index contributed by atoms with van der Waals surface area (Å²) in [6, 6.07) is 16.6. The van der Waals surface area contributed by atoms with E-state index in [0.29, 0.717) is 17.9 Å². The van der Waals surface area contributed by atoms with Crippen LogP contribution in [0.2, 0.25) is 0 Å². The molecule has 8 nitrogen and oxygen atoms in total. The number of ether oxygens (including phenoxy) is 2. The van der Waals surface area contributed by atoms with Crippen molar-refractivity contribution in [1.29, 1.82) is 0 Å².